The van der Waals surface area contributed by atoms with Gasteiger partial charge in [0.1, 0.15) is 11.6 Å². The van der Waals surface area contributed by atoms with Crippen LogP contribution in [0, 0.1) is 11.7 Å². The van der Waals surface area contributed by atoms with Crippen LogP contribution in [0.2, 0.25) is 0 Å². The molecule has 1 saturated heterocycles. The molecule has 3 heterocycles. The van der Waals surface area contributed by atoms with Crippen molar-refractivity contribution in [3.8, 4) is 0 Å². The predicted octanol–water partition coefficient (Wildman–Crippen LogP) is 3.50. The van der Waals surface area contributed by atoms with E-state index >= 15 is 0 Å². The molecular weight excluding hydrogens is 343 g/mol. The standard InChI is InChI=1S/C20H25FN6/c1-20(2,3)19-24-23-18-9-8-17(25-27(18)19)22-12-14-10-11-26(13-14)16-7-5-4-6-15(16)21/h4-9,14H,10-13H2,1-3H3,(H,22,25). The number of anilines is 2. The lowest BCUT2D eigenvalue weighted by Gasteiger charge is -2.19. The second-order valence-electron chi connectivity index (χ2n) is 8.20. The predicted molar refractivity (Wildman–Crippen MR) is 105 cm³/mol. The molecule has 7 heteroatoms. The van der Waals surface area contributed by atoms with Gasteiger partial charge in [0.15, 0.2) is 11.5 Å². The number of halogens is 1. The summed E-state index contributed by atoms with van der Waals surface area (Å²) in [4.78, 5) is 2.12. The second-order valence-corrected chi connectivity index (χ2v) is 8.20. The fourth-order valence-corrected chi connectivity index (χ4v) is 3.53. The highest BCUT2D eigenvalue weighted by molar-refractivity contribution is 5.49. The highest BCUT2D eigenvalue weighted by Gasteiger charge is 2.25. The van der Waals surface area contributed by atoms with Crippen LogP contribution in [-0.4, -0.2) is 39.4 Å². The molecule has 0 spiro atoms. The minimum Gasteiger partial charge on any atom is -0.369 e. The Kier molecular flexibility index (Phi) is 4.45. The Bertz CT molecular complexity index is 945. The Morgan fingerprint density at radius 1 is 1.15 bits per heavy atom. The molecule has 6 nitrogen and oxygen atoms in total. The first-order valence-electron chi connectivity index (χ1n) is 9.38. The van der Waals surface area contributed by atoms with Gasteiger partial charge < -0.3 is 10.2 Å². The maximum absolute atomic E-state index is 14.0. The lowest BCUT2D eigenvalue weighted by Crippen LogP contribution is -2.23. The maximum atomic E-state index is 14.0. The second kappa shape index (κ2) is 6.79. The monoisotopic (exact) mass is 368 g/mol. The average molecular weight is 368 g/mol. The molecule has 1 unspecified atom stereocenters. The first-order valence-corrected chi connectivity index (χ1v) is 9.38. The Balaban J connectivity index is 1.43. The summed E-state index contributed by atoms with van der Waals surface area (Å²) in [5, 5.41) is 16.6. The van der Waals surface area contributed by atoms with Crippen LogP contribution in [-0.2, 0) is 5.41 Å². The Morgan fingerprint density at radius 3 is 2.74 bits per heavy atom. The SMILES string of the molecule is CC(C)(C)c1nnc2ccc(NCC3CCN(c4ccccc4F)C3)nn12. The summed E-state index contributed by atoms with van der Waals surface area (Å²) in [6.45, 7) is 8.81. The summed E-state index contributed by atoms with van der Waals surface area (Å²) >= 11 is 0. The zero-order valence-corrected chi connectivity index (χ0v) is 16.0. The van der Waals surface area contributed by atoms with Gasteiger partial charge in [0, 0.05) is 25.0 Å². The third-order valence-corrected chi connectivity index (χ3v) is 4.98. The smallest absolute Gasteiger partial charge is 0.178 e. The van der Waals surface area contributed by atoms with Crippen molar-refractivity contribution < 1.29 is 4.39 Å². The molecule has 1 fully saturated rings. The zero-order chi connectivity index (χ0) is 19.0. The van der Waals surface area contributed by atoms with Crippen molar-refractivity contribution in [3.63, 3.8) is 0 Å². The van der Waals surface area contributed by atoms with Gasteiger partial charge in [0.25, 0.3) is 0 Å². The lowest BCUT2D eigenvalue weighted by atomic mass is 9.96. The Morgan fingerprint density at radius 2 is 1.96 bits per heavy atom. The van der Waals surface area contributed by atoms with Crippen molar-refractivity contribution in [1.29, 1.82) is 0 Å². The van der Waals surface area contributed by atoms with Crippen molar-refractivity contribution in [2.75, 3.05) is 29.9 Å². The average Bonchev–Trinajstić information content (AvgIpc) is 3.26. The summed E-state index contributed by atoms with van der Waals surface area (Å²) < 4.78 is 15.8. The molecule has 0 bridgehead atoms. The summed E-state index contributed by atoms with van der Waals surface area (Å²) in [6.07, 6.45) is 1.03. The largest absolute Gasteiger partial charge is 0.369 e. The molecule has 4 rings (SSSR count). The molecule has 0 radical (unpaired) electrons. The minimum absolute atomic E-state index is 0.128. The number of para-hydroxylation sites is 1. The molecule has 1 aromatic carbocycles. The number of benzene rings is 1. The van der Waals surface area contributed by atoms with Gasteiger partial charge in [-0.05, 0) is 36.6 Å². The van der Waals surface area contributed by atoms with Crippen LogP contribution >= 0.6 is 0 Å². The lowest BCUT2D eigenvalue weighted by molar-refractivity contribution is 0.526. The van der Waals surface area contributed by atoms with E-state index in [0.717, 1.165) is 43.3 Å². The molecule has 27 heavy (non-hydrogen) atoms. The van der Waals surface area contributed by atoms with Gasteiger partial charge >= 0.3 is 0 Å². The van der Waals surface area contributed by atoms with E-state index in [-0.39, 0.29) is 11.2 Å². The van der Waals surface area contributed by atoms with Crippen molar-refractivity contribution in [1.82, 2.24) is 19.8 Å². The van der Waals surface area contributed by atoms with Gasteiger partial charge in [-0.15, -0.1) is 15.3 Å². The molecule has 2 aromatic heterocycles. The van der Waals surface area contributed by atoms with Crippen molar-refractivity contribution >= 4 is 17.2 Å². The number of rotatable bonds is 4. The summed E-state index contributed by atoms with van der Waals surface area (Å²) in [6, 6.07) is 10.8. The van der Waals surface area contributed by atoms with Crippen LogP contribution in [0.25, 0.3) is 5.65 Å². The van der Waals surface area contributed by atoms with E-state index < -0.39 is 0 Å². The molecule has 1 aliphatic rings. The minimum atomic E-state index is -0.152. The summed E-state index contributed by atoms with van der Waals surface area (Å²) in [7, 11) is 0. The highest BCUT2D eigenvalue weighted by atomic mass is 19.1. The molecular formula is C20H25FN6. The van der Waals surface area contributed by atoms with Crippen LogP contribution in [0.3, 0.4) is 0 Å². The van der Waals surface area contributed by atoms with Crippen LogP contribution in [0.4, 0.5) is 15.9 Å². The summed E-state index contributed by atoms with van der Waals surface area (Å²) in [5.41, 5.74) is 1.31. The van der Waals surface area contributed by atoms with Gasteiger partial charge in [-0.2, -0.15) is 4.52 Å². The van der Waals surface area contributed by atoms with E-state index in [1.807, 2.05) is 28.8 Å². The van der Waals surface area contributed by atoms with E-state index in [1.54, 1.807) is 6.07 Å². The molecule has 0 aliphatic carbocycles. The van der Waals surface area contributed by atoms with Crippen molar-refractivity contribution in [2.45, 2.75) is 32.6 Å². The molecule has 1 atom stereocenters. The van der Waals surface area contributed by atoms with E-state index in [1.165, 1.54) is 6.07 Å². The van der Waals surface area contributed by atoms with Gasteiger partial charge in [-0.3, -0.25) is 0 Å². The number of fused-ring (bicyclic) bond motifs is 1. The maximum Gasteiger partial charge on any atom is 0.178 e. The van der Waals surface area contributed by atoms with Crippen LogP contribution in [0.15, 0.2) is 36.4 Å². The van der Waals surface area contributed by atoms with Crippen molar-refractivity contribution in [2.24, 2.45) is 5.92 Å². The van der Waals surface area contributed by atoms with Gasteiger partial charge in [0.2, 0.25) is 0 Å². The fraction of sp³-hybridized carbons (Fsp3) is 0.450. The first kappa shape index (κ1) is 17.7. The molecule has 1 N–H and O–H groups in total. The first-order chi connectivity index (χ1) is 12.9. The topological polar surface area (TPSA) is 58.4 Å². The van der Waals surface area contributed by atoms with Crippen LogP contribution in [0.1, 0.15) is 33.0 Å². The number of hydrogen-bond donors (Lipinski definition) is 1. The van der Waals surface area contributed by atoms with Gasteiger partial charge in [0.05, 0.1) is 5.69 Å². The van der Waals surface area contributed by atoms with Gasteiger partial charge in [-0.1, -0.05) is 32.9 Å². The van der Waals surface area contributed by atoms with E-state index in [2.05, 4.69) is 46.3 Å². The molecule has 142 valence electrons. The molecule has 0 saturated carbocycles. The fourth-order valence-electron chi connectivity index (χ4n) is 3.53. The molecule has 1 aliphatic heterocycles. The van der Waals surface area contributed by atoms with Crippen LogP contribution < -0.4 is 10.2 Å². The van der Waals surface area contributed by atoms with Gasteiger partial charge in [-0.25, -0.2) is 4.39 Å². The molecule has 0 amide bonds. The number of hydrogen-bond acceptors (Lipinski definition) is 5. The highest BCUT2D eigenvalue weighted by Crippen LogP contribution is 2.26. The summed E-state index contributed by atoms with van der Waals surface area (Å²) in [5.74, 6) is 1.94. The van der Waals surface area contributed by atoms with E-state index in [0.29, 0.717) is 11.6 Å². The van der Waals surface area contributed by atoms with E-state index in [4.69, 9.17) is 0 Å². The normalized spacial score (nSPS) is 17.6. The van der Waals surface area contributed by atoms with Crippen molar-refractivity contribution in [3.05, 3.63) is 48.0 Å². The zero-order valence-electron chi connectivity index (χ0n) is 16.0. The number of aromatic nitrogens is 4. The third-order valence-electron chi connectivity index (χ3n) is 4.98. The van der Waals surface area contributed by atoms with Crippen LogP contribution in [0.5, 0.6) is 0 Å². The Labute approximate surface area is 158 Å². The third kappa shape index (κ3) is 3.59. The number of nitrogens with zero attached hydrogens (tertiary/aromatic N) is 5. The number of nitrogens with one attached hydrogen (secondary N) is 1. The Hall–Kier alpha value is -2.70. The molecule has 3 aromatic rings. The quantitative estimate of drug-likeness (QED) is 0.764. The van der Waals surface area contributed by atoms with E-state index in [9.17, 15) is 4.39 Å².